The van der Waals surface area contributed by atoms with Crippen LogP contribution in [0, 0.1) is 33.5 Å². The lowest BCUT2D eigenvalue weighted by Gasteiger charge is -2.37. The van der Waals surface area contributed by atoms with E-state index in [1.807, 2.05) is 0 Å². The highest BCUT2D eigenvalue weighted by Gasteiger charge is 2.73. The fraction of sp³-hybridized carbons (Fsp3) is 0.846. The smallest absolute Gasteiger partial charge is 0.240 e. The van der Waals surface area contributed by atoms with Crippen LogP contribution in [0.4, 0.5) is 0 Å². The van der Waals surface area contributed by atoms with Crippen molar-refractivity contribution >= 4 is 31.9 Å². The lowest BCUT2D eigenvalue weighted by molar-refractivity contribution is -0.129. The van der Waals surface area contributed by atoms with Crippen molar-refractivity contribution in [2.24, 2.45) is 33.5 Å². The fourth-order valence-corrected chi connectivity index (χ4v) is 14.9. The minimum absolute atomic E-state index is 0.0371. The van der Waals surface area contributed by atoms with E-state index in [-0.39, 0.29) is 58.1 Å². The average molecular weight is 539 g/mol. The zero-order valence-corrected chi connectivity index (χ0v) is 23.3. The molecule has 36 heavy (non-hydrogen) atoms. The van der Waals surface area contributed by atoms with Gasteiger partial charge in [-0.25, -0.2) is 25.4 Å². The van der Waals surface area contributed by atoms with Gasteiger partial charge in [-0.2, -0.15) is 0 Å². The summed E-state index contributed by atoms with van der Waals surface area (Å²) in [5.74, 6) is 0.0363. The number of nitrogens with zero attached hydrogens (tertiary/aromatic N) is 2. The number of hydrogen-bond donors (Lipinski definition) is 0. The Morgan fingerprint density at radius 3 is 1.42 bits per heavy atom. The van der Waals surface area contributed by atoms with Gasteiger partial charge in [0, 0.05) is 23.7 Å². The zero-order valence-electron chi connectivity index (χ0n) is 21.7. The first-order valence-electron chi connectivity index (χ1n) is 13.4. The molecular formula is C26H38N2O6S2. The third-order valence-electron chi connectivity index (χ3n) is 12.1. The molecule has 4 bridgehead atoms. The second kappa shape index (κ2) is 7.16. The molecule has 2 aliphatic heterocycles. The van der Waals surface area contributed by atoms with Crippen molar-refractivity contribution in [3.8, 4) is 0 Å². The number of carbonyl (C=O) groups is 2. The molecule has 6 aliphatic rings. The highest BCUT2D eigenvalue weighted by molar-refractivity contribution is 7.90. The number of amides is 2. The van der Waals surface area contributed by atoms with Gasteiger partial charge in [-0.3, -0.25) is 9.59 Å². The van der Waals surface area contributed by atoms with Crippen molar-refractivity contribution in [3.63, 3.8) is 0 Å². The number of rotatable bonds is 4. The first-order valence-corrected chi connectivity index (χ1v) is 16.6. The third-order valence-corrected chi connectivity index (χ3v) is 15.9. The van der Waals surface area contributed by atoms with E-state index in [2.05, 4.69) is 27.7 Å². The molecule has 2 amide bonds. The minimum atomic E-state index is -3.67. The lowest BCUT2D eigenvalue weighted by Crippen LogP contribution is -2.44. The molecule has 8 nitrogen and oxygen atoms in total. The first kappa shape index (κ1) is 24.9. The molecule has 0 aromatic carbocycles. The molecule has 4 aliphatic carbocycles. The Labute approximate surface area is 215 Å². The summed E-state index contributed by atoms with van der Waals surface area (Å²) < 4.78 is 54.5. The van der Waals surface area contributed by atoms with Crippen LogP contribution in [-0.4, -0.2) is 60.8 Å². The van der Waals surface area contributed by atoms with Crippen LogP contribution in [0.2, 0.25) is 0 Å². The van der Waals surface area contributed by atoms with Crippen LogP contribution in [0.15, 0.2) is 12.2 Å². The van der Waals surface area contributed by atoms with E-state index in [0.717, 1.165) is 47.1 Å². The molecule has 2 saturated heterocycles. The number of hydrogen-bond acceptors (Lipinski definition) is 6. The van der Waals surface area contributed by atoms with Gasteiger partial charge in [0.1, 0.15) is 0 Å². The zero-order chi connectivity index (χ0) is 26.1. The van der Waals surface area contributed by atoms with Gasteiger partial charge in [-0.1, -0.05) is 39.8 Å². The predicted octanol–water partition coefficient (Wildman–Crippen LogP) is 3.06. The van der Waals surface area contributed by atoms with E-state index >= 15 is 0 Å². The molecule has 2 spiro atoms. The van der Waals surface area contributed by atoms with Gasteiger partial charge in [0.2, 0.25) is 31.9 Å². The SMILES string of the molecule is CC1(C)[C@@H]2CC[C@]13CS(=O)(=O)N(C(=O)C/C=C/CC(=O)N1[C@@H]4C[C@H]5CC[C@]4(CS1(=O)=O)C5(C)C)[C@@H]3C2. The molecule has 0 N–H and O–H groups in total. The van der Waals surface area contributed by atoms with Crippen LogP contribution in [0.5, 0.6) is 0 Å². The summed E-state index contributed by atoms with van der Waals surface area (Å²) in [7, 11) is -7.35. The van der Waals surface area contributed by atoms with Gasteiger partial charge in [-0.05, 0) is 61.2 Å². The Bertz CT molecular complexity index is 1190. The summed E-state index contributed by atoms with van der Waals surface area (Å²) in [5.41, 5.74) is -0.926. The second-order valence-electron chi connectivity index (χ2n) is 13.5. The molecule has 0 radical (unpaired) electrons. The summed E-state index contributed by atoms with van der Waals surface area (Å²) in [6.07, 6.45) is 8.01. The number of carbonyl (C=O) groups excluding carboxylic acids is 2. The quantitative estimate of drug-likeness (QED) is 0.509. The molecule has 6 fully saturated rings. The van der Waals surface area contributed by atoms with Crippen molar-refractivity contribution in [1.29, 1.82) is 0 Å². The Hall–Kier alpha value is -1.42. The highest BCUT2D eigenvalue weighted by Crippen LogP contribution is 2.71. The Morgan fingerprint density at radius 1 is 0.722 bits per heavy atom. The van der Waals surface area contributed by atoms with Gasteiger partial charge < -0.3 is 0 Å². The monoisotopic (exact) mass is 538 g/mol. The predicted molar refractivity (Wildman–Crippen MR) is 134 cm³/mol. The van der Waals surface area contributed by atoms with E-state index in [1.165, 1.54) is 12.2 Å². The summed E-state index contributed by atoms with van der Waals surface area (Å²) in [4.78, 5) is 26.2. The summed E-state index contributed by atoms with van der Waals surface area (Å²) in [6.45, 7) is 8.59. The second-order valence-corrected chi connectivity index (χ2v) is 17.2. The molecule has 0 aromatic rings. The Balaban J connectivity index is 1.13. The van der Waals surface area contributed by atoms with Crippen molar-refractivity contribution < 1.29 is 26.4 Å². The number of sulfonamides is 2. The fourth-order valence-electron chi connectivity index (χ4n) is 9.78. The summed E-state index contributed by atoms with van der Waals surface area (Å²) >= 11 is 0. The van der Waals surface area contributed by atoms with E-state index in [9.17, 15) is 26.4 Å². The third kappa shape index (κ3) is 2.81. The van der Waals surface area contributed by atoms with Crippen molar-refractivity contribution in [2.45, 2.75) is 91.1 Å². The Morgan fingerprint density at radius 2 is 1.08 bits per heavy atom. The highest BCUT2D eigenvalue weighted by atomic mass is 32.2. The van der Waals surface area contributed by atoms with E-state index in [1.54, 1.807) is 0 Å². The molecule has 2 heterocycles. The van der Waals surface area contributed by atoms with Gasteiger partial charge in [0.25, 0.3) is 0 Å². The molecular weight excluding hydrogens is 500 g/mol. The van der Waals surface area contributed by atoms with Crippen LogP contribution in [0.3, 0.4) is 0 Å². The van der Waals surface area contributed by atoms with Gasteiger partial charge in [0.05, 0.1) is 23.6 Å². The molecule has 0 unspecified atom stereocenters. The summed E-state index contributed by atoms with van der Waals surface area (Å²) in [6, 6.07) is -0.545. The number of fused-ring (bicyclic) bond motifs is 2. The average Bonchev–Trinajstić information content (AvgIpc) is 3.45. The van der Waals surface area contributed by atoms with E-state index < -0.39 is 31.9 Å². The largest absolute Gasteiger partial charge is 0.273 e. The van der Waals surface area contributed by atoms with Crippen molar-refractivity contribution in [1.82, 2.24) is 8.61 Å². The van der Waals surface area contributed by atoms with Crippen LogP contribution < -0.4 is 0 Å². The van der Waals surface area contributed by atoms with Gasteiger partial charge in [0.15, 0.2) is 0 Å². The van der Waals surface area contributed by atoms with Gasteiger partial charge in [-0.15, -0.1) is 0 Å². The maximum atomic E-state index is 13.1. The maximum Gasteiger partial charge on any atom is 0.240 e. The van der Waals surface area contributed by atoms with Crippen LogP contribution in [0.1, 0.15) is 79.1 Å². The standard InChI is InChI=1S/C26H38N2O6S2/c1-23(2)17-9-11-25(23)15-35(31,32)27(19(25)13-17)21(29)7-5-6-8-22(30)28-20-14-18-10-12-26(20,24(18,3)4)16-36(28,33)34/h5-6,17-20H,7-16H2,1-4H3/b6-5+/t17-,18-,19-,20-,25-,26-/m1/s1. The van der Waals surface area contributed by atoms with Crippen LogP contribution >= 0.6 is 0 Å². The van der Waals surface area contributed by atoms with Crippen molar-refractivity contribution in [3.05, 3.63) is 12.2 Å². The Kier molecular flexibility index (Phi) is 4.95. The molecule has 200 valence electrons. The van der Waals surface area contributed by atoms with E-state index in [0.29, 0.717) is 11.8 Å². The molecule has 10 heteroatoms. The normalized spacial score (nSPS) is 43.9. The molecule has 6 atom stereocenters. The maximum absolute atomic E-state index is 13.1. The molecule has 0 aromatic heterocycles. The topological polar surface area (TPSA) is 109 Å². The first-order chi connectivity index (χ1) is 16.6. The minimum Gasteiger partial charge on any atom is -0.273 e. The molecule has 4 saturated carbocycles. The van der Waals surface area contributed by atoms with Crippen LogP contribution in [-0.2, 0) is 29.6 Å². The van der Waals surface area contributed by atoms with Crippen molar-refractivity contribution in [2.75, 3.05) is 11.5 Å². The molecule has 6 rings (SSSR count). The summed E-state index contributed by atoms with van der Waals surface area (Å²) in [5, 5.41) is 0. The van der Waals surface area contributed by atoms with Crippen LogP contribution in [0.25, 0.3) is 0 Å². The van der Waals surface area contributed by atoms with Gasteiger partial charge >= 0.3 is 0 Å². The lowest BCUT2D eigenvalue weighted by atomic mass is 9.69. The van der Waals surface area contributed by atoms with E-state index in [4.69, 9.17) is 0 Å².